The normalized spacial score (nSPS) is 15.5. The SMILES string of the molecule is COc1cccc(NC(=O)CCC2CCN(C(=O)[C@@H](OC)c3ccccc3)CC2)c1. The van der Waals surface area contributed by atoms with Crippen molar-refractivity contribution in [3.63, 3.8) is 0 Å². The number of hydrogen-bond acceptors (Lipinski definition) is 4. The van der Waals surface area contributed by atoms with Gasteiger partial charge in [0.15, 0.2) is 6.10 Å². The minimum atomic E-state index is -0.559. The molecule has 6 nitrogen and oxygen atoms in total. The first-order valence-corrected chi connectivity index (χ1v) is 10.4. The van der Waals surface area contributed by atoms with Crippen molar-refractivity contribution >= 4 is 17.5 Å². The Labute approximate surface area is 178 Å². The number of ether oxygens (including phenoxy) is 2. The number of benzene rings is 2. The van der Waals surface area contributed by atoms with Crippen molar-refractivity contribution in [1.82, 2.24) is 4.90 Å². The van der Waals surface area contributed by atoms with Crippen LogP contribution in [0, 0.1) is 5.92 Å². The van der Waals surface area contributed by atoms with Gasteiger partial charge in [-0.1, -0.05) is 36.4 Å². The summed E-state index contributed by atoms with van der Waals surface area (Å²) < 4.78 is 10.7. The van der Waals surface area contributed by atoms with E-state index in [0.29, 0.717) is 25.4 Å². The molecule has 0 aliphatic carbocycles. The lowest BCUT2D eigenvalue weighted by Gasteiger charge is -2.34. The highest BCUT2D eigenvalue weighted by atomic mass is 16.5. The summed E-state index contributed by atoms with van der Waals surface area (Å²) in [7, 11) is 3.18. The molecule has 1 heterocycles. The number of anilines is 1. The van der Waals surface area contributed by atoms with Crippen molar-refractivity contribution in [2.45, 2.75) is 31.8 Å². The molecule has 1 atom stereocenters. The van der Waals surface area contributed by atoms with E-state index in [1.807, 2.05) is 53.4 Å². The van der Waals surface area contributed by atoms with Crippen molar-refractivity contribution < 1.29 is 19.1 Å². The predicted molar refractivity (Wildman–Crippen MR) is 116 cm³/mol. The van der Waals surface area contributed by atoms with Crippen LogP contribution in [0.3, 0.4) is 0 Å². The first-order chi connectivity index (χ1) is 14.6. The van der Waals surface area contributed by atoms with Crippen molar-refractivity contribution in [2.24, 2.45) is 5.92 Å². The molecule has 0 saturated carbocycles. The third-order valence-corrected chi connectivity index (χ3v) is 5.62. The first-order valence-electron chi connectivity index (χ1n) is 10.4. The van der Waals surface area contributed by atoms with Gasteiger partial charge in [0.1, 0.15) is 5.75 Å². The van der Waals surface area contributed by atoms with Gasteiger partial charge in [0.2, 0.25) is 5.91 Å². The molecule has 0 radical (unpaired) electrons. The maximum absolute atomic E-state index is 12.9. The number of piperidine rings is 1. The van der Waals surface area contributed by atoms with E-state index in [1.54, 1.807) is 20.3 Å². The number of nitrogens with one attached hydrogen (secondary N) is 1. The van der Waals surface area contributed by atoms with E-state index < -0.39 is 6.10 Å². The third kappa shape index (κ3) is 5.83. The molecule has 6 heteroatoms. The Bertz CT molecular complexity index is 832. The molecule has 1 aliphatic rings. The maximum Gasteiger partial charge on any atom is 0.256 e. The van der Waals surface area contributed by atoms with E-state index in [0.717, 1.165) is 36.3 Å². The summed E-state index contributed by atoms with van der Waals surface area (Å²) in [5.74, 6) is 1.18. The minimum absolute atomic E-state index is 0.00489. The van der Waals surface area contributed by atoms with Gasteiger partial charge >= 0.3 is 0 Å². The second-order valence-electron chi connectivity index (χ2n) is 7.61. The highest BCUT2D eigenvalue weighted by molar-refractivity contribution is 5.90. The third-order valence-electron chi connectivity index (χ3n) is 5.62. The fraction of sp³-hybridized carbons (Fsp3) is 0.417. The summed E-state index contributed by atoms with van der Waals surface area (Å²) in [5.41, 5.74) is 1.62. The molecule has 0 bridgehead atoms. The molecule has 0 unspecified atom stereocenters. The Morgan fingerprint density at radius 3 is 2.47 bits per heavy atom. The summed E-state index contributed by atoms with van der Waals surface area (Å²) in [6.45, 7) is 1.40. The van der Waals surface area contributed by atoms with Crippen molar-refractivity contribution in [1.29, 1.82) is 0 Å². The van der Waals surface area contributed by atoms with Gasteiger partial charge in [0.05, 0.1) is 7.11 Å². The van der Waals surface area contributed by atoms with Gasteiger partial charge in [-0.2, -0.15) is 0 Å². The molecule has 0 aromatic heterocycles. The Balaban J connectivity index is 1.44. The summed E-state index contributed by atoms with van der Waals surface area (Å²) >= 11 is 0. The van der Waals surface area contributed by atoms with Gasteiger partial charge < -0.3 is 19.7 Å². The second-order valence-corrected chi connectivity index (χ2v) is 7.61. The number of hydrogen-bond donors (Lipinski definition) is 1. The molecule has 1 aliphatic heterocycles. The van der Waals surface area contributed by atoms with E-state index >= 15 is 0 Å². The molecule has 1 saturated heterocycles. The zero-order valence-electron chi connectivity index (χ0n) is 17.7. The average Bonchev–Trinajstić information content (AvgIpc) is 2.79. The number of likely N-dealkylation sites (tertiary alicyclic amines) is 1. The number of carbonyl (C=O) groups excluding carboxylic acids is 2. The lowest BCUT2D eigenvalue weighted by Crippen LogP contribution is -2.41. The van der Waals surface area contributed by atoms with Crippen LogP contribution >= 0.6 is 0 Å². The average molecular weight is 411 g/mol. The fourth-order valence-electron chi connectivity index (χ4n) is 3.87. The molecular formula is C24H30N2O4. The fourth-order valence-corrected chi connectivity index (χ4v) is 3.87. The standard InChI is InChI=1S/C24H30N2O4/c1-29-21-10-6-9-20(17-21)25-22(27)12-11-18-13-15-26(16-14-18)24(28)23(30-2)19-7-4-3-5-8-19/h3-10,17-18,23H,11-16H2,1-2H3,(H,25,27)/t23-/m0/s1. The Hall–Kier alpha value is -2.86. The number of methoxy groups -OCH3 is 2. The summed E-state index contributed by atoms with van der Waals surface area (Å²) in [6.07, 6.45) is 2.55. The maximum atomic E-state index is 12.9. The van der Waals surface area contributed by atoms with Crippen LogP contribution in [0.25, 0.3) is 0 Å². The molecule has 1 fully saturated rings. The van der Waals surface area contributed by atoms with Gasteiger partial charge in [-0.25, -0.2) is 0 Å². The zero-order valence-corrected chi connectivity index (χ0v) is 17.7. The number of amides is 2. The number of rotatable bonds is 8. The highest BCUT2D eigenvalue weighted by Crippen LogP contribution is 2.26. The molecule has 2 aromatic carbocycles. The second kappa shape index (κ2) is 10.8. The van der Waals surface area contributed by atoms with E-state index in [4.69, 9.17) is 9.47 Å². The number of carbonyl (C=O) groups is 2. The van der Waals surface area contributed by atoms with Gasteiger partial charge in [-0.3, -0.25) is 9.59 Å². The monoisotopic (exact) mass is 410 g/mol. The lowest BCUT2D eigenvalue weighted by atomic mass is 9.91. The molecule has 30 heavy (non-hydrogen) atoms. The van der Waals surface area contributed by atoms with Gasteiger partial charge in [0.25, 0.3) is 5.91 Å². The van der Waals surface area contributed by atoms with Gasteiger partial charge in [-0.05, 0) is 42.9 Å². The predicted octanol–water partition coefficient (Wildman–Crippen LogP) is 4.04. The summed E-state index contributed by atoms with van der Waals surface area (Å²) in [6, 6.07) is 16.9. The Kier molecular flexibility index (Phi) is 7.85. The largest absolute Gasteiger partial charge is 0.497 e. The van der Waals surface area contributed by atoms with E-state index in [2.05, 4.69) is 5.32 Å². The summed E-state index contributed by atoms with van der Waals surface area (Å²) in [5, 5.41) is 2.92. The molecule has 3 rings (SSSR count). The Morgan fingerprint density at radius 2 is 1.80 bits per heavy atom. The molecule has 160 valence electrons. The van der Waals surface area contributed by atoms with Crippen LogP contribution in [-0.2, 0) is 14.3 Å². The lowest BCUT2D eigenvalue weighted by molar-refractivity contribution is -0.144. The Morgan fingerprint density at radius 1 is 1.07 bits per heavy atom. The smallest absolute Gasteiger partial charge is 0.256 e. The van der Waals surface area contributed by atoms with Crippen LogP contribution in [0.15, 0.2) is 54.6 Å². The van der Waals surface area contributed by atoms with E-state index in [1.165, 1.54) is 0 Å². The van der Waals surface area contributed by atoms with Crippen LogP contribution in [0.5, 0.6) is 5.75 Å². The van der Waals surface area contributed by atoms with Crippen molar-refractivity contribution in [2.75, 3.05) is 32.6 Å². The quantitative estimate of drug-likeness (QED) is 0.713. The minimum Gasteiger partial charge on any atom is -0.497 e. The summed E-state index contributed by atoms with van der Waals surface area (Å²) in [4.78, 5) is 27.0. The molecule has 2 aromatic rings. The topological polar surface area (TPSA) is 67.9 Å². The molecule has 2 amide bonds. The van der Waals surface area contributed by atoms with E-state index in [9.17, 15) is 9.59 Å². The van der Waals surface area contributed by atoms with Gasteiger partial charge in [0, 0.05) is 38.4 Å². The molecule has 1 N–H and O–H groups in total. The van der Waals surface area contributed by atoms with Crippen LogP contribution in [0.1, 0.15) is 37.4 Å². The molecular weight excluding hydrogens is 380 g/mol. The number of nitrogens with zero attached hydrogens (tertiary/aromatic N) is 1. The van der Waals surface area contributed by atoms with Crippen LogP contribution in [0.4, 0.5) is 5.69 Å². The molecule has 0 spiro atoms. The zero-order chi connectivity index (χ0) is 21.3. The van der Waals surface area contributed by atoms with Crippen LogP contribution in [-0.4, -0.2) is 44.0 Å². The van der Waals surface area contributed by atoms with Gasteiger partial charge in [-0.15, -0.1) is 0 Å². The van der Waals surface area contributed by atoms with Crippen LogP contribution < -0.4 is 10.1 Å². The highest BCUT2D eigenvalue weighted by Gasteiger charge is 2.29. The van der Waals surface area contributed by atoms with Crippen molar-refractivity contribution in [3.05, 3.63) is 60.2 Å². The van der Waals surface area contributed by atoms with E-state index in [-0.39, 0.29) is 11.8 Å². The van der Waals surface area contributed by atoms with Crippen molar-refractivity contribution in [3.8, 4) is 5.75 Å². The van der Waals surface area contributed by atoms with Crippen LogP contribution in [0.2, 0.25) is 0 Å². The first kappa shape index (κ1) is 21.8.